The van der Waals surface area contributed by atoms with E-state index in [1.165, 1.54) is 6.07 Å². The first-order chi connectivity index (χ1) is 11.6. The molecule has 0 aliphatic carbocycles. The Balaban J connectivity index is 1.78. The Hall–Kier alpha value is -3.13. The van der Waals surface area contributed by atoms with Gasteiger partial charge in [0.15, 0.2) is 6.61 Å². The van der Waals surface area contributed by atoms with E-state index in [-0.39, 0.29) is 24.0 Å². The van der Waals surface area contributed by atoms with Crippen LogP contribution in [0.5, 0.6) is 0 Å². The second kappa shape index (κ2) is 8.49. The summed E-state index contributed by atoms with van der Waals surface area (Å²) in [5.74, 6) is -0.820. The first-order valence-electron chi connectivity index (χ1n) is 7.59. The number of amides is 1. The van der Waals surface area contributed by atoms with Gasteiger partial charge < -0.3 is 10.1 Å². The third-order valence-corrected chi connectivity index (χ3v) is 3.54. The molecule has 0 spiro atoms. The predicted octanol–water partition coefficient (Wildman–Crippen LogP) is 2.63. The standard InChI is InChI=1S/C19H18N2O3/c1-14(16-7-3-2-4-8-16)12-21-18(22)13-24-19(23)17-9-5-6-15(10-17)11-20/h2-10,14H,12-13H2,1H3,(H,21,22)/t14-/m1/s1. The van der Waals surface area contributed by atoms with Gasteiger partial charge in [-0.1, -0.05) is 43.3 Å². The van der Waals surface area contributed by atoms with E-state index in [4.69, 9.17) is 10.00 Å². The van der Waals surface area contributed by atoms with Crippen molar-refractivity contribution in [3.05, 3.63) is 71.3 Å². The van der Waals surface area contributed by atoms with Gasteiger partial charge in [0.1, 0.15) is 0 Å². The summed E-state index contributed by atoms with van der Waals surface area (Å²) in [6.45, 7) is 2.12. The quantitative estimate of drug-likeness (QED) is 0.829. The first-order valence-corrected chi connectivity index (χ1v) is 7.59. The van der Waals surface area contributed by atoms with E-state index < -0.39 is 5.97 Å². The third-order valence-electron chi connectivity index (χ3n) is 3.54. The van der Waals surface area contributed by atoms with Gasteiger partial charge in [0.05, 0.1) is 17.2 Å². The normalized spacial score (nSPS) is 11.2. The number of carbonyl (C=O) groups is 2. The van der Waals surface area contributed by atoms with Crippen molar-refractivity contribution >= 4 is 11.9 Å². The summed E-state index contributed by atoms with van der Waals surface area (Å²) in [4.78, 5) is 23.7. The van der Waals surface area contributed by atoms with Crippen molar-refractivity contribution in [2.45, 2.75) is 12.8 Å². The molecule has 0 unspecified atom stereocenters. The SMILES string of the molecule is C[C@H](CNC(=O)COC(=O)c1cccc(C#N)c1)c1ccccc1. The van der Waals surface area contributed by atoms with Gasteiger partial charge in [0, 0.05) is 6.54 Å². The number of benzene rings is 2. The van der Waals surface area contributed by atoms with Crippen molar-refractivity contribution in [3.8, 4) is 6.07 Å². The van der Waals surface area contributed by atoms with E-state index >= 15 is 0 Å². The molecule has 0 radical (unpaired) electrons. The number of hydrogen-bond acceptors (Lipinski definition) is 4. The van der Waals surface area contributed by atoms with Crippen LogP contribution in [0, 0.1) is 11.3 Å². The largest absolute Gasteiger partial charge is 0.452 e. The summed E-state index contributed by atoms with van der Waals surface area (Å²) < 4.78 is 4.97. The van der Waals surface area contributed by atoms with Gasteiger partial charge in [-0.05, 0) is 29.7 Å². The molecular formula is C19H18N2O3. The van der Waals surface area contributed by atoms with Gasteiger partial charge in [-0.3, -0.25) is 4.79 Å². The minimum atomic E-state index is -0.627. The summed E-state index contributed by atoms with van der Waals surface area (Å²) >= 11 is 0. The van der Waals surface area contributed by atoms with Crippen LogP contribution in [0.25, 0.3) is 0 Å². The number of rotatable bonds is 6. The third kappa shape index (κ3) is 4.96. The van der Waals surface area contributed by atoms with E-state index in [0.29, 0.717) is 12.1 Å². The van der Waals surface area contributed by atoms with E-state index in [2.05, 4.69) is 5.32 Å². The molecule has 0 fully saturated rings. The maximum atomic E-state index is 11.9. The van der Waals surface area contributed by atoms with E-state index in [1.54, 1.807) is 18.2 Å². The fourth-order valence-corrected chi connectivity index (χ4v) is 2.15. The van der Waals surface area contributed by atoms with Crippen LogP contribution in [0.2, 0.25) is 0 Å². The number of ether oxygens (including phenoxy) is 1. The van der Waals surface area contributed by atoms with Crippen LogP contribution >= 0.6 is 0 Å². The smallest absolute Gasteiger partial charge is 0.338 e. The van der Waals surface area contributed by atoms with Crippen LogP contribution in [-0.4, -0.2) is 25.0 Å². The van der Waals surface area contributed by atoms with Crippen LogP contribution in [0.1, 0.15) is 34.3 Å². The van der Waals surface area contributed by atoms with Crippen molar-refractivity contribution < 1.29 is 14.3 Å². The van der Waals surface area contributed by atoms with Crippen molar-refractivity contribution in [1.29, 1.82) is 5.26 Å². The Morgan fingerprint density at radius 2 is 1.92 bits per heavy atom. The molecule has 2 aromatic rings. The number of nitrogens with one attached hydrogen (secondary N) is 1. The molecule has 1 N–H and O–H groups in total. The van der Waals surface area contributed by atoms with Gasteiger partial charge in [0.25, 0.3) is 5.91 Å². The average Bonchev–Trinajstić information content (AvgIpc) is 2.64. The highest BCUT2D eigenvalue weighted by atomic mass is 16.5. The second-order valence-corrected chi connectivity index (χ2v) is 5.38. The monoisotopic (exact) mass is 322 g/mol. The molecule has 0 saturated carbocycles. The molecule has 5 heteroatoms. The highest BCUT2D eigenvalue weighted by Gasteiger charge is 2.12. The van der Waals surface area contributed by atoms with Gasteiger partial charge in [-0.25, -0.2) is 4.79 Å². The molecule has 0 aliphatic rings. The minimum absolute atomic E-state index is 0.165. The molecule has 122 valence electrons. The lowest BCUT2D eigenvalue weighted by Crippen LogP contribution is -2.31. The molecular weight excluding hydrogens is 304 g/mol. The van der Waals surface area contributed by atoms with E-state index in [1.807, 2.05) is 43.3 Å². The molecule has 0 bridgehead atoms. The highest BCUT2D eigenvalue weighted by molar-refractivity contribution is 5.91. The summed E-state index contributed by atoms with van der Waals surface area (Å²) in [7, 11) is 0. The molecule has 0 heterocycles. The molecule has 0 aromatic heterocycles. The van der Waals surface area contributed by atoms with E-state index in [0.717, 1.165) is 5.56 Å². The zero-order chi connectivity index (χ0) is 17.4. The van der Waals surface area contributed by atoms with Crippen molar-refractivity contribution in [2.24, 2.45) is 0 Å². The van der Waals surface area contributed by atoms with Crippen LogP contribution in [-0.2, 0) is 9.53 Å². The maximum absolute atomic E-state index is 11.9. The lowest BCUT2D eigenvalue weighted by molar-refractivity contribution is -0.124. The van der Waals surface area contributed by atoms with Crippen LogP contribution in [0.3, 0.4) is 0 Å². The Labute approximate surface area is 140 Å². The Morgan fingerprint density at radius 1 is 1.17 bits per heavy atom. The fraction of sp³-hybridized carbons (Fsp3) is 0.211. The minimum Gasteiger partial charge on any atom is -0.452 e. The van der Waals surface area contributed by atoms with Gasteiger partial charge >= 0.3 is 5.97 Å². The highest BCUT2D eigenvalue weighted by Crippen LogP contribution is 2.12. The molecule has 2 aromatic carbocycles. The molecule has 1 atom stereocenters. The Kier molecular flexibility index (Phi) is 6.09. The zero-order valence-corrected chi connectivity index (χ0v) is 13.4. The molecule has 5 nitrogen and oxygen atoms in total. The topological polar surface area (TPSA) is 79.2 Å². The fourth-order valence-electron chi connectivity index (χ4n) is 2.15. The number of nitriles is 1. The summed E-state index contributed by atoms with van der Waals surface area (Å²) in [6, 6.07) is 17.9. The Bertz CT molecular complexity index is 751. The van der Waals surface area contributed by atoms with Crippen molar-refractivity contribution in [2.75, 3.05) is 13.2 Å². The summed E-state index contributed by atoms with van der Waals surface area (Å²) in [6.07, 6.45) is 0. The molecule has 0 aliphatic heterocycles. The van der Waals surface area contributed by atoms with Crippen molar-refractivity contribution in [3.63, 3.8) is 0 Å². The molecule has 1 amide bonds. The average molecular weight is 322 g/mol. The number of nitrogens with zero attached hydrogens (tertiary/aromatic N) is 1. The van der Waals surface area contributed by atoms with Crippen LogP contribution < -0.4 is 5.32 Å². The number of carbonyl (C=O) groups excluding carboxylic acids is 2. The first kappa shape index (κ1) is 17.2. The lowest BCUT2D eigenvalue weighted by atomic mass is 10.0. The van der Waals surface area contributed by atoms with Gasteiger partial charge in [-0.2, -0.15) is 5.26 Å². The van der Waals surface area contributed by atoms with Crippen LogP contribution in [0.15, 0.2) is 54.6 Å². The van der Waals surface area contributed by atoms with E-state index in [9.17, 15) is 9.59 Å². The lowest BCUT2D eigenvalue weighted by Gasteiger charge is -2.13. The maximum Gasteiger partial charge on any atom is 0.338 e. The number of hydrogen-bond donors (Lipinski definition) is 1. The number of esters is 1. The van der Waals surface area contributed by atoms with Crippen molar-refractivity contribution in [1.82, 2.24) is 5.32 Å². The second-order valence-electron chi connectivity index (χ2n) is 5.38. The van der Waals surface area contributed by atoms with Gasteiger partial charge in [0.2, 0.25) is 0 Å². The molecule has 0 saturated heterocycles. The van der Waals surface area contributed by atoms with Gasteiger partial charge in [-0.15, -0.1) is 0 Å². The summed E-state index contributed by atoms with van der Waals surface area (Å²) in [5, 5.41) is 11.6. The molecule has 2 rings (SSSR count). The Morgan fingerprint density at radius 3 is 2.62 bits per heavy atom. The predicted molar refractivity (Wildman–Crippen MR) is 89.3 cm³/mol. The molecule has 24 heavy (non-hydrogen) atoms. The summed E-state index contributed by atoms with van der Waals surface area (Å²) in [5.41, 5.74) is 1.74. The zero-order valence-electron chi connectivity index (χ0n) is 13.4. The van der Waals surface area contributed by atoms with Crippen LogP contribution in [0.4, 0.5) is 0 Å².